The molecule has 0 spiro atoms. The topological polar surface area (TPSA) is 44.8 Å². The monoisotopic (exact) mass is 460 g/mol. The minimum atomic E-state index is -0.511. The number of rotatable bonds is 5. The van der Waals surface area contributed by atoms with Crippen molar-refractivity contribution in [2.24, 2.45) is 16.7 Å². The van der Waals surface area contributed by atoms with Gasteiger partial charge in [0.2, 0.25) is 0 Å². The van der Waals surface area contributed by atoms with Crippen molar-refractivity contribution >= 4 is 5.97 Å². The smallest absolute Gasteiger partial charge is 0.311 e. The number of carbonyl (C=O) groups is 1. The molecule has 4 nitrogen and oxygen atoms in total. The molecule has 1 aromatic carbocycles. The lowest BCUT2D eigenvalue weighted by Crippen LogP contribution is -2.33. The van der Waals surface area contributed by atoms with Crippen molar-refractivity contribution in [1.29, 1.82) is 0 Å². The lowest BCUT2D eigenvalue weighted by molar-refractivity contribution is -0.152. The second-order valence-corrected chi connectivity index (χ2v) is 11.6. The van der Waals surface area contributed by atoms with Gasteiger partial charge in [0.25, 0.3) is 0 Å². The summed E-state index contributed by atoms with van der Waals surface area (Å²) in [7, 11) is 3.44. The number of methoxy groups -OCH3 is 2. The first kappa shape index (κ1) is 29.1. The molecule has 0 aromatic heterocycles. The predicted molar refractivity (Wildman–Crippen MR) is 138 cm³/mol. The molecule has 1 aliphatic rings. The van der Waals surface area contributed by atoms with E-state index >= 15 is 0 Å². The van der Waals surface area contributed by atoms with Gasteiger partial charge in [-0.1, -0.05) is 61.5 Å². The molecule has 0 aliphatic heterocycles. The zero-order valence-electron chi connectivity index (χ0n) is 23.4. The van der Waals surface area contributed by atoms with Crippen LogP contribution in [0.15, 0.2) is 23.8 Å². The van der Waals surface area contributed by atoms with Gasteiger partial charge in [-0.25, -0.2) is 0 Å². The van der Waals surface area contributed by atoms with Gasteiger partial charge in [-0.2, -0.15) is 0 Å². The van der Waals surface area contributed by atoms with E-state index in [-0.39, 0.29) is 22.7 Å². The summed E-state index contributed by atoms with van der Waals surface area (Å²) in [5.74, 6) is 1.95. The van der Waals surface area contributed by atoms with Gasteiger partial charge in [0.1, 0.15) is 18.1 Å². The molecule has 2 rings (SSSR count). The van der Waals surface area contributed by atoms with E-state index in [9.17, 15) is 4.79 Å². The van der Waals surface area contributed by atoms with Crippen LogP contribution in [0.1, 0.15) is 99.6 Å². The van der Waals surface area contributed by atoms with Gasteiger partial charge >= 0.3 is 5.97 Å². The molecule has 1 unspecified atom stereocenters. The van der Waals surface area contributed by atoms with E-state index in [0.717, 1.165) is 29.1 Å². The Morgan fingerprint density at radius 3 is 1.88 bits per heavy atom. The fourth-order valence-electron chi connectivity index (χ4n) is 4.17. The normalized spacial score (nSPS) is 20.2. The Hall–Kier alpha value is -1.97. The molecule has 1 aliphatic carbocycles. The van der Waals surface area contributed by atoms with Gasteiger partial charge < -0.3 is 14.2 Å². The van der Waals surface area contributed by atoms with Gasteiger partial charge in [-0.05, 0) is 67.2 Å². The van der Waals surface area contributed by atoms with Crippen molar-refractivity contribution in [3.05, 3.63) is 34.9 Å². The van der Waals surface area contributed by atoms with Crippen molar-refractivity contribution in [2.45, 2.75) is 93.9 Å². The SMILES string of the molecule is CC.COc1cc(C(C)(C)C)cc(OC)c1C1C=C(COC(=O)C(C)(C)C)[C@@H](C)C(C)(C)C1. The van der Waals surface area contributed by atoms with Crippen LogP contribution in [0.25, 0.3) is 0 Å². The molecule has 0 saturated carbocycles. The highest BCUT2D eigenvalue weighted by Gasteiger charge is 2.38. The summed E-state index contributed by atoms with van der Waals surface area (Å²) in [5.41, 5.74) is 2.92. The van der Waals surface area contributed by atoms with Gasteiger partial charge in [0.15, 0.2) is 0 Å². The van der Waals surface area contributed by atoms with Crippen LogP contribution in [-0.4, -0.2) is 26.8 Å². The number of hydrogen-bond acceptors (Lipinski definition) is 4. The third-order valence-corrected chi connectivity index (χ3v) is 6.65. The van der Waals surface area contributed by atoms with Crippen LogP contribution in [0.4, 0.5) is 0 Å². The maximum atomic E-state index is 12.4. The predicted octanol–water partition coefficient (Wildman–Crippen LogP) is 7.69. The number of hydrogen-bond donors (Lipinski definition) is 0. The molecule has 0 fully saturated rings. The summed E-state index contributed by atoms with van der Waals surface area (Å²) in [6.07, 6.45) is 3.23. The number of allylic oxidation sites excluding steroid dienone is 1. The Morgan fingerprint density at radius 2 is 1.48 bits per heavy atom. The molecule has 2 atom stereocenters. The average Bonchev–Trinajstić information content (AvgIpc) is 2.73. The second kappa shape index (κ2) is 11.0. The van der Waals surface area contributed by atoms with Crippen LogP contribution in [0.2, 0.25) is 0 Å². The quantitative estimate of drug-likeness (QED) is 0.334. The summed E-state index contributed by atoms with van der Waals surface area (Å²) in [6.45, 7) is 23.3. The molecule has 0 N–H and O–H groups in total. The highest BCUT2D eigenvalue weighted by atomic mass is 16.5. The molecule has 33 heavy (non-hydrogen) atoms. The average molecular weight is 461 g/mol. The number of carbonyl (C=O) groups excluding carboxylic acids is 1. The largest absolute Gasteiger partial charge is 0.496 e. The highest BCUT2D eigenvalue weighted by Crippen LogP contribution is 2.51. The summed E-state index contributed by atoms with van der Waals surface area (Å²) >= 11 is 0. The fourth-order valence-corrected chi connectivity index (χ4v) is 4.17. The molecule has 4 heteroatoms. The Kier molecular flexibility index (Phi) is 9.66. The zero-order chi connectivity index (χ0) is 25.8. The Balaban J connectivity index is 0.00000265. The van der Waals surface area contributed by atoms with Gasteiger partial charge in [-0.3, -0.25) is 4.79 Å². The van der Waals surface area contributed by atoms with Gasteiger partial charge in [0.05, 0.1) is 19.6 Å². The summed E-state index contributed by atoms with van der Waals surface area (Å²) in [6, 6.07) is 4.27. The molecular formula is C29H48O4. The third kappa shape index (κ3) is 7.01. The molecule has 1 aromatic rings. The van der Waals surface area contributed by atoms with E-state index in [4.69, 9.17) is 14.2 Å². The first-order chi connectivity index (χ1) is 15.1. The molecule has 188 valence electrons. The van der Waals surface area contributed by atoms with Crippen LogP contribution in [0.3, 0.4) is 0 Å². The van der Waals surface area contributed by atoms with E-state index in [1.165, 1.54) is 5.56 Å². The molecule has 0 bridgehead atoms. The first-order valence-electron chi connectivity index (χ1n) is 12.3. The zero-order valence-corrected chi connectivity index (χ0v) is 23.4. The molecular weight excluding hydrogens is 412 g/mol. The van der Waals surface area contributed by atoms with E-state index in [1.54, 1.807) is 14.2 Å². The van der Waals surface area contributed by atoms with Crippen LogP contribution in [0.5, 0.6) is 11.5 Å². The number of esters is 1. The van der Waals surface area contributed by atoms with E-state index in [1.807, 2.05) is 34.6 Å². The van der Waals surface area contributed by atoms with Crippen molar-refractivity contribution in [3.8, 4) is 11.5 Å². The molecule has 0 radical (unpaired) electrons. The van der Waals surface area contributed by atoms with Crippen LogP contribution in [-0.2, 0) is 14.9 Å². The van der Waals surface area contributed by atoms with Crippen LogP contribution >= 0.6 is 0 Å². The minimum absolute atomic E-state index is 0.0123. The fraction of sp³-hybridized carbons (Fsp3) is 0.690. The lowest BCUT2D eigenvalue weighted by atomic mass is 9.64. The summed E-state index contributed by atoms with van der Waals surface area (Å²) in [5, 5.41) is 0. The standard InChI is InChI=1S/C27H42O4.C2H6/c1-17-19(16-31-24(28)26(5,6)7)12-18(15-27(17,8)9)23-21(29-10)13-20(25(2,3)4)14-22(23)30-11;1-2/h12-14,17-18H,15-16H2,1-11H3;1-2H3/t17-,18?;/m1./s1. The Labute approximate surface area is 203 Å². The van der Waals surface area contributed by atoms with E-state index in [2.05, 4.69) is 59.8 Å². The maximum Gasteiger partial charge on any atom is 0.311 e. The van der Waals surface area contributed by atoms with Crippen LogP contribution < -0.4 is 9.47 Å². The van der Waals surface area contributed by atoms with E-state index in [0.29, 0.717) is 12.5 Å². The van der Waals surface area contributed by atoms with Crippen LogP contribution in [0, 0.1) is 16.7 Å². The van der Waals surface area contributed by atoms with Crippen molar-refractivity contribution in [3.63, 3.8) is 0 Å². The Bertz CT molecular complexity index is 809. The Morgan fingerprint density at radius 1 is 1.00 bits per heavy atom. The number of benzene rings is 1. The minimum Gasteiger partial charge on any atom is -0.496 e. The molecule has 0 saturated heterocycles. The van der Waals surface area contributed by atoms with Crippen molar-refractivity contribution < 1.29 is 19.0 Å². The summed E-state index contributed by atoms with van der Waals surface area (Å²) < 4.78 is 17.4. The first-order valence-corrected chi connectivity index (χ1v) is 12.3. The molecule has 0 amide bonds. The highest BCUT2D eigenvalue weighted by molar-refractivity contribution is 5.75. The third-order valence-electron chi connectivity index (χ3n) is 6.65. The number of ether oxygens (including phenoxy) is 3. The van der Waals surface area contributed by atoms with E-state index < -0.39 is 5.41 Å². The van der Waals surface area contributed by atoms with Crippen molar-refractivity contribution in [1.82, 2.24) is 0 Å². The molecule has 0 heterocycles. The van der Waals surface area contributed by atoms with Gasteiger partial charge in [0, 0.05) is 11.5 Å². The van der Waals surface area contributed by atoms with Crippen molar-refractivity contribution in [2.75, 3.05) is 20.8 Å². The van der Waals surface area contributed by atoms with Gasteiger partial charge in [-0.15, -0.1) is 0 Å². The second-order valence-electron chi connectivity index (χ2n) is 11.6. The summed E-state index contributed by atoms with van der Waals surface area (Å²) in [4.78, 5) is 12.4. The lowest BCUT2D eigenvalue weighted by Gasteiger charge is -2.41. The maximum absolute atomic E-state index is 12.4.